The Kier molecular flexibility index (Phi) is 6.35. The maximum absolute atomic E-state index is 12.5. The molecule has 0 fully saturated rings. The van der Waals surface area contributed by atoms with E-state index in [0.717, 1.165) is 5.56 Å². The Bertz CT molecular complexity index is 1110. The van der Waals surface area contributed by atoms with Crippen molar-refractivity contribution in [2.75, 3.05) is 11.1 Å². The van der Waals surface area contributed by atoms with E-state index in [0.29, 0.717) is 22.0 Å². The van der Waals surface area contributed by atoms with Crippen molar-refractivity contribution in [2.24, 2.45) is 5.92 Å². The van der Waals surface area contributed by atoms with Crippen molar-refractivity contribution in [3.8, 4) is 11.3 Å². The third-order valence-electron chi connectivity index (χ3n) is 4.20. The van der Waals surface area contributed by atoms with Crippen LogP contribution in [0.4, 0.5) is 5.69 Å². The van der Waals surface area contributed by atoms with Crippen LogP contribution >= 0.6 is 11.6 Å². The van der Waals surface area contributed by atoms with Gasteiger partial charge in [-0.1, -0.05) is 37.6 Å². The maximum atomic E-state index is 12.5. The predicted molar refractivity (Wildman–Crippen MR) is 116 cm³/mol. The van der Waals surface area contributed by atoms with Gasteiger partial charge in [0.05, 0.1) is 21.4 Å². The topological polar surface area (TPSA) is 76.1 Å². The number of nitrogens with zero attached hydrogens (tertiary/aromatic N) is 1. The Labute approximate surface area is 175 Å². The molecule has 3 aromatic rings. The molecule has 5 nitrogen and oxygen atoms in total. The first kappa shape index (κ1) is 21.0. The van der Waals surface area contributed by atoms with Crippen LogP contribution in [0.1, 0.15) is 24.2 Å². The van der Waals surface area contributed by atoms with E-state index >= 15 is 0 Å². The molecular weight excluding hydrogens is 408 g/mol. The van der Waals surface area contributed by atoms with Gasteiger partial charge in [0, 0.05) is 23.0 Å². The van der Waals surface area contributed by atoms with Crippen molar-refractivity contribution >= 4 is 33.0 Å². The van der Waals surface area contributed by atoms with Gasteiger partial charge in [0.25, 0.3) is 5.91 Å². The molecule has 7 heteroatoms. The van der Waals surface area contributed by atoms with E-state index in [4.69, 9.17) is 11.6 Å². The van der Waals surface area contributed by atoms with Gasteiger partial charge in [-0.3, -0.25) is 9.78 Å². The third kappa shape index (κ3) is 5.22. The van der Waals surface area contributed by atoms with Crippen molar-refractivity contribution in [1.82, 2.24) is 4.98 Å². The zero-order valence-corrected chi connectivity index (χ0v) is 17.7. The highest BCUT2D eigenvalue weighted by Gasteiger charge is 2.16. The summed E-state index contributed by atoms with van der Waals surface area (Å²) in [6.45, 7) is 3.72. The molecule has 29 heavy (non-hydrogen) atoms. The number of rotatable bonds is 6. The smallest absolute Gasteiger partial charge is 0.255 e. The summed E-state index contributed by atoms with van der Waals surface area (Å²) in [6.07, 6.45) is 1.66. The van der Waals surface area contributed by atoms with E-state index in [1.165, 1.54) is 12.1 Å². The SMILES string of the molecule is CC(C)CS(=O)(=O)c1ccc(NC(=O)c2ccc(-c3ncccc3Cl)cc2)cc1. The summed E-state index contributed by atoms with van der Waals surface area (Å²) in [6, 6.07) is 16.7. The van der Waals surface area contributed by atoms with Crippen LogP contribution in [0.25, 0.3) is 11.3 Å². The summed E-state index contributed by atoms with van der Waals surface area (Å²) < 4.78 is 24.5. The Balaban J connectivity index is 1.71. The molecule has 1 amide bonds. The molecule has 0 atom stereocenters. The quantitative estimate of drug-likeness (QED) is 0.593. The molecule has 0 aliphatic heterocycles. The lowest BCUT2D eigenvalue weighted by molar-refractivity contribution is 0.102. The van der Waals surface area contributed by atoms with Crippen LogP contribution in [0.3, 0.4) is 0 Å². The number of nitrogens with one attached hydrogen (secondary N) is 1. The molecule has 0 saturated carbocycles. The van der Waals surface area contributed by atoms with Crippen molar-refractivity contribution < 1.29 is 13.2 Å². The van der Waals surface area contributed by atoms with Crippen LogP contribution in [0.2, 0.25) is 5.02 Å². The summed E-state index contributed by atoms with van der Waals surface area (Å²) >= 11 is 6.16. The number of benzene rings is 2. The second kappa shape index (κ2) is 8.76. The number of hydrogen-bond donors (Lipinski definition) is 1. The van der Waals surface area contributed by atoms with Gasteiger partial charge in [-0.25, -0.2) is 8.42 Å². The van der Waals surface area contributed by atoms with Gasteiger partial charge in [0.15, 0.2) is 9.84 Å². The van der Waals surface area contributed by atoms with E-state index in [1.807, 2.05) is 13.8 Å². The highest BCUT2D eigenvalue weighted by atomic mass is 35.5. The standard InChI is InChI=1S/C22H21ClN2O3S/c1-15(2)14-29(27,28)19-11-9-18(10-12-19)25-22(26)17-7-5-16(6-8-17)21-20(23)4-3-13-24-21/h3-13,15H,14H2,1-2H3,(H,25,26). The first-order chi connectivity index (χ1) is 13.8. The van der Waals surface area contributed by atoms with E-state index in [2.05, 4.69) is 10.3 Å². The minimum absolute atomic E-state index is 0.0447. The van der Waals surface area contributed by atoms with Crippen LogP contribution in [0.5, 0.6) is 0 Å². The number of halogens is 1. The number of carbonyl (C=O) groups excluding carboxylic acids is 1. The van der Waals surface area contributed by atoms with Crippen molar-refractivity contribution in [3.05, 3.63) is 77.4 Å². The highest BCUT2D eigenvalue weighted by Crippen LogP contribution is 2.25. The van der Waals surface area contributed by atoms with Crippen LogP contribution in [0.15, 0.2) is 71.8 Å². The Morgan fingerprint density at radius 3 is 2.28 bits per heavy atom. The summed E-state index contributed by atoms with van der Waals surface area (Å²) in [5, 5.41) is 3.31. The normalized spacial score (nSPS) is 11.4. The molecule has 0 spiro atoms. The van der Waals surface area contributed by atoms with Crippen LogP contribution < -0.4 is 5.32 Å². The molecule has 1 heterocycles. The number of pyridine rings is 1. The van der Waals surface area contributed by atoms with Crippen molar-refractivity contribution in [2.45, 2.75) is 18.7 Å². The number of amides is 1. The molecule has 3 rings (SSSR count). The summed E-state index contributed by atoms with van der Waals surface area (Å²) in [5.74, 6) is -0.157. The van der Waals surface area contributed by atoms with Crippen molar-refractivity contribution in [3.63, 3.8) is 0 Å². The molecule has 0 bridgehead atoms. The first-order valence-corrected chi connectivity index (χ1v) is 11.1. The largest absolute Gasteiger partial charge is 0.322 e. The highest BCUT2D eigenvalue weighted by molar-refractivity contribution is 7.91. The Morgan fingerprint density at radius 2 is 1.69 bits per heavy atom. The van der Waals surface area contributed by atoms with Crippen LogP contribution in [-0.4, -0.2) is 25.1 Å². The van der Waals surface area contributed by atoms with E-state index in [1.54, 1.807) is 54.7 Å². The Hall–Kier alpha value is -2.70. The van der Waals surface area contributed by atoms with E-state index < -0.39 is 9.84 Å². The van der Waals surface area contributed by atoms with Crippen LogP contribution in [-0.2, 0) is 9.84 Å². The zero-order valence-electron chi connectivity index (χ0n) is 16.1. The molecule has 1 aromatic heterocycles. The molecular formula is C22H21ClN2O3S. The zero-order chi connectivity index (χ0) is 21.0. The maximum Gasteiger partial charge on any atom is 0.255 e. The summed E-state index contributed by atoms with van der Waals surface area (Å²) in [5.41, 5.74) is 2.46. The third-order valence-corrected chi connectivity index (χ3v) is 6.60. The molecule has 1 N–H and O–H groups in total. The Morgan fingerprint density at radius 1 is 1.03 bits per heavy atom. The molecule has 2 aromatic carbocycles. The van der Waals surface area contributed by atoms with Gasteiger partial charge in [0.2, 0.25) is 0 Å². The summed E-state index contributed by atoms with van der Waals surface area (Å²) in [4.78, 5) is 17.0. The first-order valence-electron chi connectivity index (χ1n) is 9.11. The average molecular weight is 429 g/mol. The minimum Gasteiger partial charge on any atom is -0.322 e. The number of hydrogen-bond acceptors (Lipinski definition) is 4. The minimum atomic E-state index is -3.32. The lowest BCUT2D eigenvalue weighted by atomic mass is 10.1. The van der Waals surface area contributed by atoms with E-state index in [-0.39, 0.29) is 22.5 Å². The molecule has 0 saturated heterocycles. The average Bonchev–Trinajstić information content (AvgIpc) is 2.68. The van der Waals surface area contributed by atoms with Gasteiger partial charge < -0.3 is 5.32 Å². The number of aromatic nitrogens is 1. The monoisotopic (exact) mass is 428 g/mol. The molecule has 0 radical (unpaired) electrons. The predicted octanol–water partition coefficient (Wildman–Crippen LogP) is 5.08. The number of sulfone groups is 1. The molecule has 0 aliphatic rings. The summed E-state index contributed by atoms with van der Waals surface area (Å²) in [7, 11) is -3.32. The van der Waals surface area contributed by atoms with E-state index in [9.17, 15) is 13.2 Å². The van der Waals surface area contributed by atoms with Gasteiger partial charge in [-0.2, -0.15) is 0 Å². The molecule has 150 valence electrons. The number of anilines is 1. The molecule has 0 unspecified atom stereocenters. The van der Waals surface area contributed by atoms with Gasteiger partial charge >= 0.3 is 0 Å². The second-order valence-electron chi connectivity index (χ2n) is 7.06. The van der Waals surface area contributed by atoms with Crippen molar-refractivity contribution in [1.29, 1.82) is 0 Å². The lowest BCUT2D eigenvalue weighted by Gasteiger charge is -2.09. The fourth-order valence-electron chi connectivity index (χ4n) is 2.86. The lowest BCUT2D eigenvalue weighted by Crippen LogP contribution is -2.13. The second-order valence-corrected chi connectivity index (χ2v) is 9.51. The van der Waals surface area contributed by atoms with Crippen LogP contribution in [0, 0.1) is 5.92 Å². The fourth-order valence-corrected chi connectivity index (χ4v) is 4.71. The fraction of sp³-hybridized carbons (Fsp3) is 0.182. The number of carbonyl (C=O) groups is 1. The molecule has 0 aliphatic carbocycles. The van der Waals surface area contributed by atoms with Gasteiger partial charge in [-0.05, 0) is 54.4 Å². The van der Waals surface area contributed by atoms with Gasteiger partial charge in [-0.15, -0.1) is 0 Å². The van der Waals surface area contributed by atoms with Gasteiger partial charge in [0.1, 0.15) is 0 Å².